The number of rotatable bonds is 5. The minimum atomic E-state index is -1.08. The first-order valence-corrected chi connectivity index (χ1v) is 6.56. The molecule has 2 N–H and O–H groups in total. The van der Waals surface area contributed by atoms with E-state index in [1.54, 1.807) is 10.9 Å². The fraction of sp³-hybridized carbons (Fsp3) is 0.333. The lowest BCUT2D eigenvalue weighted by Gasteiger charge is -2.06. The number of aliphatic hydroxyl groups excluding tert-OH is 1. The molecule has 0 bridgehead atoms. The second kappa shape index (κ2) is 5.88. The SMILES string of the molecule is CC(C)c1ccc(-n2cc(CCO)c(C(=O)O)n2)cc1. The number of aliphatic hydroxyl groups is 1. The summed E-state index contributed by atoms with van der Waals surface area (Å²) in [5, 5.41) is 22.2. The van der Waals surface area contributed by atoms with Crippen molar-refractivity contribution in [2.45, 2.75) is 26.2 Å². The Morgan fingerprint density at radius 2 is 1.95 bits per heavy atom. The van der Waals surface area contributed by atoms with Gasteiger partial charge in [-0.15, -0.1) is 0 Å². The predicted octanol–water partition coefficient (Wildman–Crippen LogP) is 2.23. The molecule has 0 spiro atoms. The van der Waals surface area contributed by atoms with Gasteiger partial charge in [0.05, 0.1) is 5.69 Å². The van der Waals surface area contributed by atoms with Crippen LogP contribution in [0.2, 0.25) is 0 Å². The van der Waals surface area contributed by atoms with E-state index in [0.29, 0.717) is 11.5 Å². The summed E-state index contributed by atoms with van der Waals surface area (Å²) in [5.74, 6) is -0.632. The van der Waals surface area contributed by atoms with Crippen molar-refractivity contribution in [1.82, 2.24) is 9.78 Å². The highest BCUT2D eigenvalue weighted by atomic mass is 16.4. The number of nitrogens with zero attached hydrogens (tertiary/aromatic N) is 2. The van der Waals surface area contributed by atoms with E-state index in [2.05, 4.69) is 18.9 Å². The number of hydrogen-bond acceptors (Lipinski definition) is 3. The maximum Gasteiger partial charge on any atom is 0.356 e. The Labute approximate surface area is 117 Å². The molecule has 0 aliphatic heterocycles. The highest BCUT2D eigenvalue weighted by molar-refractivity contribution is 5.87. The average Bonchev–Trinajstić information content (AvgIpc) is 2.83. The first kappa shape index (κ1) is 14.3. The van der Waals surface area contributed by atoms with Crippen molar-refractivity contribution in [3.8, 4) is 5.69 Å². The van der Waals surface area contributed by atoms with Crippen molar-refractivity contribution < 1.29 is 15.0 Å². The summed E-state index contributed by atoms with van der Waals surface area (Å²) in [6.07, 6.45) is 1.94. The van der Waals surface area contributed by atoms with Gasteiger partial charge in [0, 0.05) is 18.4 Å². The maximum absolute atomic E-state index is 11.1. The lowest BCUT2D eigenvalue weighted by molar-refractivity contribution is 0.0688. The van der Waals surface area contributed by atoms with Gasteiger partial charge in [-0.2, -0.15) is 5.10 Å². The summed E-state index contributed by atoms with van der Waals surface area (Å²) < 4.78 is 1.54. The Morgan fingerprint density at radius 3 is 2.45 bits per heavy atom. The quantitative estimate of drug-likeness (QED) is 0.876. The van der Waals surface area contributed by atoms with Gasteiger partial charge in [-0.05, 0) is 30.0 Å². The molecule has 0 unspecified atom stereocenters. The normalized spacial score (nSPS) is 11.0. The Bertz CT molecular complexity index is 600. The number of hydrogen-bond donors (Lipinski definition) is 2. The van der Waals surface area contributed by atoms with Crippen LogP contribution in [-0.4, -0.2) is 32.6 Å². The van der Waals surface area contributed by atoms with Crippen LogP contribution in [-0.2, 0) is 6.42 Å². The topological polar surface area (TPSA) is 75.4 Å². The molecule has 0 radical (unpaired) electrons. The molecule has 2 aromatic rings. The Hall–Kier alpha value is -2.14. The van der Waals surface area contributed by atoms with Gasteiger partial charge in [-0.1, -0.05) is 26.0 Å². The van der Waals surface area contributed by atoms with Crippen molar-refractivity contribution in [2.24, 2.45) is 0 Å². The zero-order valence-corrected chi connectivity index (χ0v) is 11.6. The Morgan fingerprint density at radius 1 is 1.30 bits per heavy atom. The van der Waals surface area contributed by atoms with E-state index in [9.17, 15) is 4.79 Å². The molecule has 1 heterocycles. The van der Waals surface area contributed by atoms with E-state index in [0.717, 1.165) is 5.69 Å². The zero-order chi connectivity index (χ0) is 14.7. The lowest BCUT2D eigenvalue weighted by atomic mass is 10.0. The summed E-state index contributed by atoms with van der Waals surface area (Å²) in [6, 6.07) is 7.84. The van der Waals surface area contributed by atoms with Crippen LogP contribution in [0.5, 0.6) is 0 Å². The van der Waals surface area contributed by atoms with Gasteiger partial charge < -0.3 is 10.2 Å². The molecule has 0 saturated carbocycles. The molecule has 1 aromatic carbocycles. The van der Waals surface area contributed by atoms with Crippen LogP contribution >= 0.6 is 0 Å². The van der Waals surface area contributed by atoms with Crippen LogP contribution in [0.15, 0.2) is 30.5 Å². The molecule has 0 aliphatic carbocycles. The van der Waals surface area contributed by atoms with Crippen LogP contribution in [0.25, 0.3) is 5.69 Å². The van der Waals surface area contributed by atoms with Crippen LogP contribution in [0.1, 0.15) is 41.4 Å². The van der Waals surface area contributed by atoms with E-state index in [1.807, 2.05) is 24.3 Å². The van der Waals surface area contributed by atoms with Crippen molar-refractivity contribution in [2.75, 3.05) is 6.61 Å². The van der Waals surface area contributed by atoms with Gasteiger partial charge in [-0.3, -0.25) is 0 Å². The summed E-state index contributed by atoms with van der Waals surface area (Å²) in [5.41, 5.74) is 2.55. The van der Waals surface area contributed by atoms with E-state index in [4.69, 9.17) is 10.2 Å². The third-order valence-electron chi connectivity index (χ3n) is 3.20. The van der Waals surface area contributed by atoms with Gasteiger partial charge in [0.1, 0.15) is 0 Å². The number of carboxylic acids is 1. The fourth-order valence-corrected chi connectivity index (χ4v) is 2.04. The highest BCUT2D eigenvalue weighted by Gasteiger charge is 2.16. The molecule has 2 rings (SSSR count). The van der Waals surface area contributed by atoms with Crippen molar-refractivity contribution in [1.29, 1.82) is 0 Å². The number of aromatic nitrogens is 2. The maximum atomic E-state index is 11.1. The lowest BCUT2D eigenvalue weighted by Crippen LogP contribution is -2.03. The molecule has 20 heavy (non-hydrogen) atoms. The van der Waals surface area contributed by atoms with Crippen molar-refractivity contribution in [3.05, 3.63) is 47.3 Å². The molecule has 0 amide bonds. The van der Waals surface area contributed by atoms with Crippen molar-refractivity contribution in [3.63, 3.8) is 0 Å². The second-order valence-electron chi connectivity index (χ2n) is 4.97. The van der Waals surface area contributed by atoms with E-state index in [-0.39, 0.29) is 18.7 Å². The summed E-state index contributed by atoms with van der Waals surface area (Å²) >= 11 is 0. The van der Waals surface area contributed by atoms with E-state index in [1.165, 1.54) is 5.56 Å². The highest BCUT2D eigenvalue weighted by Crippen LogP contribution is 2.18. The number of aromatic carboxylic acids is 1. The minimum Gasteiger partial charge on any atom is -0.476 e. The predicted molar refractivity (Wildman–Crippen MR) is 75.4 cm³/mol. The standard InChI is InChI=1S/C15H18N2O3/c1-10(2)11-3-5-13(6-4-11)17-9-12(7-8-18)14(16-17)15(19)20/h3-6,9-10,18H,7-8H2,1-2H3,(H,19,20). The first-order chi connectivity index (χ1) is 9.52. The summed E-state index contributed by atoms with van der Waals surface area (Å²) in [4.78, 5) is 11.1. The summed E-state index contributed by atoms with van der Waals surface area (Å²) in [6.45, 7) is 4.13. The van der Waals surface area contributed by atoms with E-state index < -0.39 is 5.97 Å². The Kier molecular flexibility index (Phi) is 4.20. The first-order valence-electron chi connectivity index (χ1n) is 6.56. The second-order valence-corrected chi connectivity index (χ2v) is 4.97. The molecule has 5 heteroatoms. The molecule has 0 fully saturated rings. The van der Waals surface area contributed by atoms with Gasteiger partial charge >= 0.3 is 5.97 Å². The largest absolute Gasteiger partial charge is 0.476 e. The third kappa shape index (κ3) is 2.88. The zero-order valence-electron chi connectivity index (χ0n) is 11.6. The smallest absolute Gasteiger partial charge is 0.356 e. The molecule has 1 aromatic heterocycles. The molecule has 0 atom stereocenters. The number of carbonyl (C=O) groups is 1. The molecule has 0 aliphatic rings. The van der Waals surface area contributed by atoms with Crippen LogP contribution < -0.4 is 0 Å². The third-order valence-corrected chi connectivity index (χ3v) is 3.20. The van der Waals surface area contributed by atoms with Gasteiger partial charge in [0.15, 0.2) is 5.69 Å². The fourth-order valence-electron chi connectivity index (χ4n) is 2.04. The monoisotopic (exact) mass is 274 g/mol. The van der Waals surface area contributed by atoms with E-state index >= 15 is 0 Å². The van der Waals surface area contributed by atoms with Crippen molar-refractivity contribution >= 4 is 5.97 Å². The molecular formula is C15H18N2O3. The number of carboxylic acid groups (broad SMARTS) is 1. The molecular weight excluding hydrogens is 256 g/mol. The minimum absolute atomic E-state index is 0.00742. The molecule has 0 saturated heterocycles. The van der Waals surface area contributed by atoms with Crippen LogP contribution in [0.4, 0.5) is 0 Å². The van der Waals surface area contributed by atoms with Crippen LogP contribution in [0, 0.1) is 0 Å². The van der Waals surface area contributed by atoms with Gasteiger partial charge in [0.25, 0.3) is 0 Å². The molecule has 106 valence electrons. The Balaban J connectivity index is 2.37. The molecule has 5 nitrogen and oxygen atoms in total. The summed E-state index contributed by atoms with van der Waals surface area (Å²) in [7, 11) is 0. The van der Waals surface area contributed by atoms with Crippen LogP contribution in [0.3, 0.4) is 0 Å². The van der Waals surface area contributed by atoms with Gasteiger partial charge in [-0.25, -0.2) is 9.48 Å². The number of benzene rings is 1. The average molecular weight is 274 g/mol. The van der Waals surface area contributed by atoms with Gasteiger partial charge in [0.2, 0.25) is 0 Å².